The van der Waals surface area contributed by atoms with Crippen molar-refractivity contribution >= 4 is 39.9 Å². The summed E-state index contributed by atoms with van der Waals surface area (Å²) in [5, 5.41) is 9.39. The van der Waals surface area contributed by atoms with Gasteiger partial charge in [-0.1, -0.05) is 13.3 Å². The number of nitrogens with zero attached hydrogens (tertiary/aromatic N) is 2. The third kappa shape index (κ3) is 5.10. The summed E-state index contributed by atoms with van der Waals surface area (Å²) in [6.07, 6.45) is 10.1. The lowest BCUT2D eigenvalue weighted by atomic mass is 9.85. The van der Waals surface area contributed by atoms with E-state index in [4.69, 9.17) is 0 Å². The Labute approximate surface area is 185 Å². The number of hydrogen-bond acceptors (Lipinski definition) is 6. The first-order valence-corrected chi connectivity index (χ1v) is 11.7. The standard InChI is InChI=1S/C22H27N5O3S/c1-2-3-8-25-21(30)18-15-11-14(20(29)26-17-12-23-9-10-24-17)6-7-16(15)31-22(18)27-19(28)13-4-5-13/h9-10,12-14H,2-8,11H2,1H3,(H,25,30)(H,27,28)(H,24,26,29). The van der Waals surface area contributed by atoms with Gasteiger partial charge in [0.2, 0.25) is 11.8 Å². The van der Waals surface area contributed by atoms with Gasteiger partial charge in [0.1, 0.15) is 5.00 Å². The predicted octanol–water partition coefficient (Wildman–Crippen LogP) is 3.16. The Bertz CT molecular complexity index is 971. The highest BCUT2D eigenvalue weighted by molar-refractivity contribution is 7.17. The molecule has 3 N–H and O–H groups in total. The van der Waals surface area contributed by atoms with Crippen LogP contribution in [0.4, 0.5) is 10.8 Å². The number of hydrogen-bond donors (Lipinski definition) is 3. The summed E-state index contributed by atoms with van der Waals surface area (Å²) in [5.74, 6) is -0.110. The maximum Gasteiger partial charge on any atom is 0.254 e. The molecule has 1 saturated carbocycles. The Morgan fingerprint density at radius 1 is 1.10 bits per heavy atom. The largest absolute Gasteiger partial charge is 0.352 e. The molecule has 9 heteroatoms. The molecule has 1 atom stereocenters. The second kappa shape index (κ2) is 9.55. The molecule has 3 amide bonds. The third-order valence-corrected chi connectivity index (χ3v) is 6.88. The van der Waals surface area contributed by atoms with Gasteiger partial charge in [-0.05, 0) is 44.1 Å². The van der Waals surface area contributed by atoms with Gasteiger partial charge in [-0.3, -0.25) is 19.4 Å². The smallest absolute Gasteiger partial charge is 0.254 e. The molecule has 164 valence electrons. The number of aromatic nitrogens is 2. The number of unbranched alkanes of at least 4 members (excludes halogenated alkanes) is 1. The first-order chi connectivity index (χ1) is 15.1. The van der Waals surface area contributed by atoms with E-state index in [0.717, 1.165) is 36.1 Å². The molecule has 31 heavy (non-hydrogen) atoms. The maximum absolute atomic E-state index is 13.0. The van der Waals surface area contributed by atoms with Crippen LogP contribution in [0.3, 0.4) is 0 Å². The SMILES string of the molecule is CCCCNC(=O)c1c(NC(=O)C2CC2)sc2c1CC(C(=O)Nc1cnccn1)CC2. The number of carbonyl (C=O) groups is 3. The van der Waals surface area contributed by atoms with Crippen LogP contribution in [-0.2, 0) is 22.4 Å². The molecule has 0 bridgehead atoms. The van der Waals surface area contributed by atoms with Gasteiger partial charge in [-0.2, -0.15) is 0 Å². The van der Waals surface area contributed by atoms with Crippen LogP contribution >= 0.6 is 11.3 Å². The highest BCUT2D eigenvalue weighted by Gasteiger charge is 2.35. The Balaban J connectivity index is 1.54. The summed E-state index contributed by atoms with van der Waals surface area (Å²) >= 11 is 1.47. The van der Waals surface area contributed by atoms with Crippen molar-refractivity contribution < 1.29 is 14.4 Å². The van der Waals surface area contributed by atoms with Gasteiger partial charge < -0.3 is 16.0 Å². The summed E-state index contributed by atoms with van der Waals surface area (Å²) in [5.41, 5.74) is 1.41. The van der Waals surface area contributed by atoms with Crippen molar-refractivity contribution in [1.82, 2.24) is 15.3 Å². The van der Waals surface area contributed by atoms with Gasteiger partial charge in [0.15, 0.2) is 5.82 Å². The predicted molar refractivity (Wildman–Crippen MR) is 119 cm³/mol. The van der Waals surface area contributed by atoms with Crippen molar-refractivity contribution in [2.75, 3.05) is 17.2 Å². The molecule has 1 fully saturated rings. The minimum Gasteiger partial charge on any atom is -0.352 e. The zero-order chi connectivity index (χ0) is 21.8. The minimum atomic E-state index is -0.265. The second-order valence-corrected chi connectivity index (χ2v) is 9.21. The lowest BCUT2D eigenvalue weighted by Gasteiger charge is -2.22. The molecule has 0 spiro atoms. The van der Waals surface area contributed by atoms with Crippen LogP contribution < -0.4 is 16.0 Å². The van der Waals surface area contributed by atoms with Crippen LogP contribution in [0.2, 0.25) is 0 Å². The van der Waals surface area contributed by atoms with Crippen molar-refractivity contribution in [3.63, 3.8) is 0 Å². The summed E-state index contributed by atoms with van der Waals surface area (Å²) in [6, 6.07) is 0. The molecule has 2 aromatic heterocycles. The molecule has 0 aromatic carbocycles. The maximum atomic E-state index is 13.0. The fourth-order valence-corrected chi connectivity index (χ4v) is 5.00. The molecule has 0 aliphatic heterocycles. The highest BCUT2D eigenvalue weighted by atomic mass is 32.1. The fourth-order valence-electron chi connectivity index (χ4n) is 3.75. The minimum absolute atomic E-state index is 0.0156. The van der Waals surface area contributed by atoms with Crippen LogP contribution in [0.25, 0.3) is 0 Å². The lowest BCUT2D eigenvalue weighted by molar-refractivity contribution is -0.120. The first-order valence-electron chi connectivity index (χ1n) is 10.9. The molecule has 8 nitrogen and oxygen atoms in total. The molecule has 0 radical (unpaired) electrons. The molecule has 2 heterocycles. The topological polar surface area (TPSA) is 113 Å². The van der Waals surface area contributed by atoms with Crippen LogP contribution in [0, 0.1) is 11.8 Å². The molecular formula is C22H27N5O3S. The Morgan fingerprint density at radius 3 is 2.61 bits per heavy atom. The van der Waals surface area contributed by atoms with Gasteiger partial charge in [0, 0.05) is 35.7 Å². The fraction of sp³-hybridized carbons (Fsp3) is 0.500. The van der Waals surface area contributed by atoms with Crippen molar-refractivity contribution in [2.45, 2.75) is 51.9 Å². The van der Waals surface area contributed by atoms with Gasteiger partial charge in [0.05, 0.1) is 11.8 Å². The van der Waals surface area contributed by atoms with E-state index in [1.165, 1.54) is 23.7 Å². The molecule has 2 aromatic rings. The highest BCUT2D eigenvalue weighted by Crippen LogP contribution is 2.41. The summed E-state index contributed by atoms with van der Waals surface area (Å²) in [6.45, 7) is 2.66. The average Bonchev–Trinajstić information content (AvgIpc) is 3.56. The van der Waals surface area contributed by atoms with E-state index in [2.05, 4.69) is 32.8 Å². The van der Waals surface area contributed by atoms with Crippen molar-refractivity contribution in [3.8, 4) is 0 Å². The summed E-state index contributed by atoms with van der Waals surface area (Å²) in [4.78, 5) is 47.4. The number of carbonyl (C=O) groups excluding carboxylic acids is 3. The Morgan fingerprint density at radius 2 is 1.90 bits per heavy atom. The van der Waals surface area contributed by atoms with Gasteiger partial charge in [-0.25, -0.2) is 4.98 Å². The van der Waals surface area contributed by atoms with E-state index in [-0.39, 0.29) is 29.6 Å². The van der Waals surface area contributed by atoms with Gasteiger partial charge in [0.25, 0.3) is 5.91 Å². The van der Waals surface area contributed by atoms with E-state index >= 15 is 0 Å². The van der Waals surface area contributed by atoms with E-state index in [1.807, 2.05) is 0 Å². The molecule has 1 unspecified atom stereocenters. The van der Waals surface area contributed by atoms with Crippen molar-refractivity contribution in [2.24, 2.45) is 11.8 Å². The van der Waals surface area contributed by atoms with Crippen molar-refractivity contribution in [1.29, 1.82) is 0 Å². The van der Waals surface area contributed by atoms with Crippen molar-refractivity contribution in [3.05, 3.63) is 34.6 Å². The number of rotatable bonds is 8. The normalized spacial score (nSPS) is 17.5. The average molecular weight is 442 g/mol. The quantitative estimate of drug-likeness (QED) is 0.545. The van der Waals surface area contributed by atoms with Crippen LogP contribution in [0.1, 0.15) is 59.8 Å². The lowest BCUT2D eigenvalue weighted by Crippen LogP contribution is -2.31. The van der Waals surface area contributed by atoms with Crippen LogP contribution in [0.15, 0.2) is 18.6 Å². The molecular weight excluding hydrogens is 414 g/mol. The molecule has 4 rings (SSSR count). The first kappa shape index (κ1) is 21.4. The van der Waals surface area contributed by atoms with Crippen LogP contribution in [-0.4, -0.2) is 34.2 Å². The summed E-state index contributed by atoms with van der Waals surface area (Å²) in [7, 11) is 0. The van der Waals surface area contributed by atoms with E-state index in [1.54, 1.807) is 6.20 Å². The Hall–Kier alpha value is -2.81. The van der Waals surface area contributed by atoms with E-state index < -0.39 is 0 Å². The number of thiophene rings is 1. The zero-order valence-electron chi connectivity index (χ0n) is 17.6. The van der Waals surface area contributed by atoms with Gasteiger partial charge in [-0.15, -0.1) is 11.3 Å². The van der Waals surface area contributed by atoms with E-state index in [0.29, 0.717) is 42.2 Å². The molecule has 2 aliphatic rings. The second-order valence-electron chi connectivity index (χ2n) is 8.10. The van der Waals surface area contributed by atoms with E-state index in [9.17, 15) is 14.4 Å². The molecule has 0 saturated heterocycles. The number of anilines is 2. The number of amides is 3. The monoisotopic (exact) mass is 441 g/mol. The third-order valence-electron chi connectivity index (χ3n) is 5.67. The zero-order valence-corrected chi connectivity index (χ0v) is 18.4. The number of aryl methyl sites for hydroxylation is 1. The van der Waals surface area contributed by atoms with Crippen LogP contribution in [0.5, 0.6) is 0 Å². The Kier molecular flexibility index (Phi) is 6.60. The van der Waals surface area contributed by atoms with Gasteiger partial charge >= 0.3 is 0 Å². The summed E-state index contributed by atoms with van der Waals surface area (Å²) < 4.78 is 0. The molecule has 2 aliphatic carbocycles. The number of fused-ring (bicyclic) bond motifs is 1. The number of nitrogens with one attached hydrogen (secondary N) is 3.